The van der Waals surface area contributed by atoms with Crippen LogP contribution in [0.15, 0.2) is 30.3 Å². The molecule has 3 atom stereocenters. The Bertz CT molecular complexity index is 375. The molecule has 17 heavy (non-hydrogen) atoms. The second-order valence-electron chi connectivity index (χ2n) is 3.83. The minimum absolute atomic E-state index is 0.0796. The number of carbonyl (C=O) groups is 1. The van der Waals surface area contributed by atoms with Crippen molar-refractivity contribution in [2.75, 3.05) is 6.61 Å². The standard InChI is InChI=1S/C12H12BrFO3/c13-11-10(14)6-9(17-11)7-16-12(15)8-4-2-1-3-5-8/h1-5,9-11H,6-7H2/t9-,10-,11-/m1/s1. The molecule has 0 aromatic heterocycles. The van der Waals surface area contributed by atoms with Gasteiger partial charge < -0.3 is 9.47 Å². The van der Waals surface area contributed by atoms with Crippen LogP contribution >= 0.6 is 15.9 Å². The van der Waals surface area contributed by atoms with Crippen LogP contribution in [0, 0.1) is 0 Å². The molecule has 0 saturated carbocycles. The molecule has 2 rings (SSSR count). The maximum atomic E-state index is 13.1. The molecule has 0 N–H and O–H groups in total. The van der Waals surface area contributed by atoms with E-state index in [0.717, 1.165) is 0 Å². The van der Waals surface area contributed by atoms with Gasteiger partial charge in [0.1, 0.15) is 17.8 Å². The molecule has 1 aromatic carbocycles. The molecule has 1 saturated heterocycles. The van der Waals surface area contributed by atoms with Crippen molar-refractivity contribution >= 4 is 21.9 Å². The molecule has 0 aliphatic carbocycles. The number of esters is 1. The van der Waals surface area contributed by atoms with Crippen molar-refractivity contribution < 1.29 is 18.7 Å². The van der Waals surface area contributed by atoms with E-state index in [2.05, 4.69) is 15.9 Å². The zero-order chi connectivity index (χ0) is 12.3. The van der Waals surface area contributed by atoms with Gasteiger partial charge in [0.05, 0.1) is 11.7 Å². The van der Waals surface area contributed by atoms with Gasteiger partial charge in [-0.2, -0.15) is 0 Å². The summed E-state index contributed by atoms with van der Waals surface area (Å²) in [6.45, 7) is 0.0796. The fourth-order valence-electron chi connectivity index (χ4n) is 1.62. The molecule has 3 nitrogen and oxygen atoms in total. The third-order valence-electron chi connectivity index (χ3n) is 2.50. The van der Waals surface area contributed by atoms with Gasteiger partial charge in [-0.25, -0.2) is 9.18 Å². The van der Waals surface area contributed by atoms with Gasteiger partial charge in [-0.15, -0.1) is 0 Å². The SMILES string of the molecule is O=C(OC[C@H]1C[C@@H](F)[C@H](Br)O1)c1ccccc1. The quantitative estimate of drug-likeness (QED) is 0.636. The Morgan fingerprint density at radius 3 is 2.76 bits per heavy atom. The van der Waals surface area contributed by atoms with Crippen molar-refractivity contribution in [3.05, 3.63) is 35.9 Å². The van der Waals surface area contributed by atoms with E-state index in [0.29, 0.717) is 5.56 Å². The molecule has 0 amide bonds. The molecule has 1 heterocycles. The molecule has 1 aliphatic rings. The summed E-state index contributed by atoms with van der Waals surface area (Å²) < 4.78 is 23.4. The Morgan fingerprint density at radius 1 is 1.47 bits per heavy atom. The zero-order valence-corrected chi connectivity index (χ0v) is 10.6. The van der Waals surface area contributed by atoms with Crippen LogP contribution in [0.3, 0.4) is 0 Å². The molecule has 0 bridgehead atoms. The molecule has 1 fully saturated rings. The van der Waals surface area contributed by atoms with Gasteiger partial charge in [0.15, 0.2) is 0 Å². The average molecular weight is 303 g/mol. The summed E-state index contributed by atoms with van der Waals surface area (Å²) in [5, 5.41) is -0.595. The summed E-state index contributed by atoms with van der Waals surface area (Å²) in [6.07, 6.45) is -1.17. The third kappa shape index (κ3) is 3.26. The average Bonchev–Trinajstić information content (AvgIpc) is 2.67. The van der Waals surface area contributed by atoms with Crippen molar-refractivity contribution in [1.29, 1.82) is 0 Å². The summed E-state index contributed by atoms with van der Waals surface area (Å²) >= 11 is 3.06. The monoisotopic (exact) mass is 302 g/mol. The van der Waals surface area contributed by atoms with Crippen LogP contribution in [-0.2, 0) is 9.47 Å². The fourth-order valence-corrected chi connectivity index (χ4v) is 2.14. The van der Waals surface area contributed by atoms with Crippen molar-refractivity contribution in [2.45, 2.75) is 23.7 Å². The van der Waals surface area contributed by atoms with Gasteiger partial charge in [-0.05, 0) is 12.1 Å². The third-order valence-corrected chi connectivity index (χ3v) is 3.29. The molecular weight excluding hydrogens is 291 g/mol. The highest BCUT2D eigenvalue weighted by molar-refractivity contribution is 9.09. The number of alkyl halides is 2. The molecule has 0 radical (unpaired) electrons. The topological polar surface area (TPSA) is 35.5 Å². The van der Waals surface area contributed by atoms with Crippen molar-refractivity contribution in [2.24, 2.45) is 0 Å². The highest BCUT2D eigenvalue weighted by atomic mass is 79.9. The van der Waals surface area contributed by atoms with Gasteiger partial charge in [0.25, 0.3) is 0 Å². The smallest absolute Gasteiger partial charge is 0.338 e. The molecule has 1 aromatic rings. The van der Waals surface area contributed by atoms with Crippen LogP contribution in [0.25, 0.3) is 0 Å². The second kappa shape index (κ2) is 5.60. The van der Waals surface area contributed by atoms with Crippen LogP contribution in [0.5, 0.6) is 0 Å². The first kappa shape index (κ1) is 12.5. The molecule has 0 unspecified atom stereocenters. The van der Waals surface area contributed by atoms with Gasteiger partial charge in [-0.3, -0.25) is 0 Å². The summed E-state index contributed by atoms with van der Waals surface area (Å²) in [5.74, 6) is -0.414. The lowest BCUT2D eigenvalue weighted by Crippen LogP contribution is -2.18. The maximum absolute atomic E-state index is 13.1. The van der Waals surface area contributed by atoms with Crippen molar-refractivity contribution in [3.8, 4) is 0 Å². The van der Waals surface area contributed by atoms with Gasteiger partial charge >= 0.3 is 5.97 Å². The summed E-state index contributed by atoms with van der Waals surface area (Å²) in [4.78, 5) is 11.6. The van der Waals surface area contributed by atoms with Crippen molar-refractivity contribution in [1.82, 2.24) is 0 Å². The number of rotatable bonds is 3. The van der Waals surface area contributed by atoms with E-state index in [-0.39, 0.29) is 19.1 Å². The number of carbonyl (C=O) groups excluding carboxylic acids is 1. The van der Waals surface area contributed by atoms with Crippen LogP contribution < -0.4 is 0 Å². The first-order valence-electron chi connectivity index (χ1n) is 5.32. The normalized spacial score (nSPS) is 28.0. The fraction of sp³-hybridized carbons (Fsp3) is 0.417. The van der Waals surface area contributed by atoms with E-state index in [1.165, 1.54) is 0 Å². The lowest BCUT2D eigenvalue weighted by atomic mass is 10.2. The lowest BCUT2D eigenvalue weighted by Gasteiger charge is -2.10. The number of benzene rings is 1. The van der Waals surface area contributed by atoms with Gasteiger partial charge in [-0.1, -0.05) is 34.1 Å². The Labute approximate surface area is 107 Å². The van der Waals surface area contributed by atoms with E-state index in [1.54, 1.807) is 24.3 Å². The largest absolute Gasteiger partial charge is 0.459 e. The second-order valence-corrected chi connectivity index (χ2v) is 4.73. The maximum Gasteiger partial charge on any atom is 0.338 e. The van der Waals surface area contributed by atoms with Gasteiger partial charge in [0.2, 0.25) is 0 Å². The van der Waals surface area contributed by atoms with Crippen LogP contribution in [0.4, 0.5) is 4.39 Å². The van der Waals surface area contributed by atoms with Crippen LogP contribution in [0.1, 0.15) is 16.8 Å². The Balaban J connectivity index is 1.81. The summed E-state index contributed by atoms with van der Waals surface area (Å²) in [7, 11) is 0. The highest BCUT2D eigenvalue weighted by Crippen LogP contribution is 2.27. The Hall–Kier alpha value is -0.940. The number of ether oxygens (including phenoxy) is 2. The summed E-state index contributed by atoms with van der Waals surface area (Å²) in [6, 6.07) is 8.68. The zero-order valence-electron chi connectivity index (χ0n) is 9.01. The lowest BCUT2D eigenvalue weighted by molar-refractivity contribution is 0.0107. The Morgan fingerprint density at radius 2 is 2.18 bits per heavy atom. The minimum Gasteiger partial charge on any atom is -0.459 e. The highest BCUT2D eigenvalue weighted by Gasteiger charge is 2.34. The van der Waals surface area contributed by atoms with E-state index < -0.39 is 17.2 Å². The van der Waals surface area contributed by atoms with Crippen molar-refractivity contribution in [3.63, 3.8) is 0 Å². The number of hydrogen-bond acceptors (Lipinski definition) is 3. The van der Waals surface area contributed by atoms with E-state index in [9.17, 15) is 9.18 Å². The first-order chi connectivity index (χ1) is 8.16. The van der Waals surface area contributed by atoms with Gasteiger partial charge in [0, 0.05) is 6.42 Å². The van der Waals surface area contributed by atoms with E-state index in [4.69, 9.17) is 9.47 Å². The van der Waals surface area contributed by atoms with Crippen LogP contribution in [0.2, 0.25) is 0 Å². The number of hydrogen-bond donors (Lipinski definition) is 0. The molecular formula is C12H12BrFO3. The molecule has 1 aliphatic heterocycles. The minimum atomic E-state index is -1.05. The first-order valence-corrected chi connectivity index (χ1v) is 6.24. The van der Waals surface area contributed by atoms with E-state index >= 15 is 0 Å². The number of halogens is 2. The van der Waals surface area contributed by atoms with Crippen LogP contribution in [-0.4, -0.2) is 29.9 Å². The van der Waals surface area contributed by atoms with E-state index in [1.807, 2.05) is 6.07 Å². The Kier molecular flexibility index (Phi) is 4.12. The predicted molar refractivity (Wildman–Crippen MR) is 63.8 cm³/mol. The predicted octanol–water partition coefficient (Wildman–Crippen LogP) is 2.69. The molecule has 5 heteroatoms. The summed E-state index contributed by atoms with van der Waals surface area (Å²) in [5.41, 5.74) is 0.484. The molecule has 92 valence electrons. The molecule has 0 spiro atoms.